The normalized spacial score (nSPS) is 13.4. The third-order valence-corrected chi connectivity index (χ3v) is 1.02. The van der Waals surface area contributed by atoms with E-state index in [1.807, 2.05) is 6.92 Å². The summed E-state index contributed by atoms with van der Waals surface area (Å²) in [6.45, 7) is 6.07. The van der Waals surface area contributed by atoms with Crippen LogP contribution in [0, 0.1) is 5.92 Å². The number of aliphatic imine (C=N–C) groups is 1. The van der Waals surface area contributed by atoms with Gasteiger partial charge in [-0.25, -0.2) is 4.99 Å². The fourth-order valence-electron chi connectivity index (χ4n) is 0.653. The second-order valence-corrected chi connectivity index (χ2v) is 2.53. The zero-order valence-corrected chi connectivity index (χ0v) is 6.83. The fourth-order valence-corrected chi connectivity index (χ4v) is 0.653. The van der Waals surface area contributed by atoms with Crippen LogP contribution in [0.1, 0.15) is 27.2 Å². The Morgan fingerprint density at radius 3 is 2.50 bits per heavy atom. The van der Waals surface area contributed by atoms with Gasteiger partial charge >= 0.3 is 0 Å². The van der Waals surface area contributed by atoms with Gasteiger partial charge in [-0.05, 0) is 12.8 Å². The zero-order chi connectivity index (χ0) is 7.98. The van der Waals surface area contributed by atoms with Gasteiger partial charge in [-0.2, -0.15) is 5.10 Å². The van der Waals surface area contributed by atoms with Gasteiger partial charge in [0.15, 0.2) is 0 Å². The molecule has 0 saturated heterocycles. The summed E-state index contributed by atoms with van der Waals surface area (Å²) in [5.41, 5.74) is 0. The Morgan fingerprint density at radius 2 is 2.20 bits per heavy atom. The van der Waals surface area contributed by atoms with E-state index >= 15 is 0 Å². The van der Waals surface area contributed by atoms with Crippen LogP contribution in [-0.2, 0) is 0 Å². The van der Waals surface area contributed by atoms with Crippen molar-refractivity contribution in [3.8, 4) is 0 Å². The minimum atomic E-state index is 0.561. The van der Waals surface area contributed by atoms with E-state index < -0.39 is 0 Å². The highest BCUT2D eigenvalue weighted by atomic mass is 15.2. The van der Waals surface area contributed by atoms with Crippen LogP contribution in [0.3, 0.4) is 0 Å². The first-order chi connectivity index (χ1) is 4.70. The molecule has 0 aliphatic carbocycles. The summed E-state index contributed by atoms with van der Waals surface area (Å²) in [6, 6.07) is 0. The Kier molecular flexibility index (Phi) is 4.54. The molecule has 2 N–H and O–H groups in total. The van der Waals surface area contributed by atoms with Crippen molar-refractivity contribution in [2.24, 2.45) is 21.9 Å². The van der Waals surface area contributed by atoms with Gasteiger partial charge in [-0.15, -0.1) is 0 Å². The van der Waals surface area contributed by atoms with Crippen molar-refractivity contribution in [3.63, 3.8) is 0 Å². The number of nitrogens with zero attached hydrogens (tertiary/aromatic N) is 2. The Hall–Kier alpha value is -0.860. The number of amidine groups is 1. The molecular formula is C7H15N3. The second kappa shape index (κ2) is 4.97. The van der Waals surface area contributed by atoms with Gasteiger partial charge < -0.3 is 5.84 Å². The van der Waals surface area contributed by atoms with Gasteiger partial charge in [0, 0.05) is 12.6 Å². The Labute approximate surface area is 62.0 Å². The van der Waals surface area contributed by atoms with E-state index in [1.54, 1.807) is 6.21 Å². The molecule has 3 heteroatoms. The lowest BCUT2D eigenvalue weighted by Crippen LogP contribution is -2.03. The van der Waals surface area contributed by atoms with E-state index in [1.165, 1.54) is 0 Å². The average molecular weight is 141 g/mol. The van der Waals surface area contributed by atoms with Gasteiger partial charge in [-0.3, -0.25) is 0 Å². The van der Waals surface area contributed by atoms with Crippen LogP contribution in [0.5, 0.6) is 0 Å². The second-order valence-electron chi connectivity index (χ2n) is 2.53. The molecule has 0 fully saturated rings. The molecule has 0 amide bonds. The van der Waals surface area contributed by atoms with E-state index in [-0.39, 0.29) is 0 Å². The molecule has 0 heterocycles. The lowest BCUT2D eigenvalue weighted by Gasteiger charge is -2.00. The van der Waals surface area contributed by atoms with Crippen LogP contribution in [0.25, 0.3) is 0 Å². The highest BCUT2D eigenvalue weighted by molar-refractivity contribution is 5.88. The number of hydrogen-bond acceptors (Lipinski definition) is 2. The number of hydrogen-bond donors (Lipinski definition) is 1. The maximum Gasteiger partial charge on any atom is 0.147 e. The van der Waals surface area contributed by atoms with Crippen LogP contribution >= 0.6 is 0 Å². The van der Waals surface area contributed by atoms with E-state index in [0.717, 1.165) is 12.3 Å². The maximum atomic E-state index is 5.08. The van der Waals surface area contributed by atoms with Crippen molar-refractivity contribution in [3.05, 3.63) is 0 Å². The van der Waals surface area contributed by atoms with Crippen molar-refractivity contribution < 1.29 is 0 Å². The van der Waals surface area contributed by atoms with Crippen LogP contribution < -0.4 is 5.84 Å². The smallest absolute Gasteiger partial charge is 0.147 e. The van der Waals surface area contributed by atoms with Crippen LogP contribution in [0.15, 0.2) is 10.1 Å². The standard InChI is InChI=1S/C7H15N3/c1-4-9-7(10-8)5-6(2)3/h4,6H,5,8H2,1-3H3/b9-4-,10-7-. The summed E-state index contributed by atoms with van der Waals surface area (Å²) < 4.78 is 0. The van der Waals surface area contributed by atoms with E-state index in [0.29, 0.717) is 5.92 Å². The summed E-state index contributed by atoms with van der Waals surface area (Å²) in [5, 5.41) is 3.54. The van der Waals surface area contributed by atoms with E-state index in [2.05, 4.69) is 23.9 Å². The molecule has 3 nitrogen and oxygen atoms in total. The molecule has 0 spiro atoms. The van der Waals surface area contributed by atoms with Gasteiger partial charge in [-0.1, -0.05) is 13.8 Å². The predicted molar refractivity (Wildman–Crippen MR) is 45.2 cm³/mol. The molecule has 0 aromatic rings. The van der Waals surface area contributed by atoms with E-state index in [9.17, 15) is 0 Å². The molecule has 0 atom stereocenters. The largest absolute Gasteiger partial charge is 0.322 e. The van der Waals surface area contributed by atoms with E-state index in [4.69, 9.17) is 5.84 Å². The predicted octanol–water partition coefficient (Wildman–Crippen LogP) is 1.40. The monoisotopic (exact) mass is 141 g/mol. The summed E-state index contributed by atoms with van der Waals surface area (Å²) >= 11 is 0. The topological polar surface area (TPSA) is 50.7 Å². The molecule has 0 saturated carbocycles. The third kappa shape index (κ3) is 4.06. The first-order valence-corrected chi connectivity index (χ1v) is 3.46. The molecule has 0 bridgehead atoms. The summed E-state index contributed by atoms with van der Waals surface area (Å²) in [5.74, 6) is 6.36. The van der Waals surface area contributed by atoms with Crippen molar-refractivity contribution >= 4 is 12.1 Å². The van der Waals surface area contributed by atoms with Crippen LogP contribution in [0.4, 0.5) is 0 Å². The Balaban J connectivity index is 3.86. The minimum Gasteiger partial charge on any atom is -0.322 e. The molecule has 0 aliphatic rings. The molecule has 0 radical (unpaired) electrons. The summed E-state index contributed by atoms with van der Waals surface area (Å²) in [4.78, 5) is 3.98. The quantitative estimate of drug-likeness (QED) is 0.269. The van der Waals surface area contributed by atoms with Crippen molar-refractivity contribution in [2.75, 3.05) is 0 Å². The molecule has 0 aromatic carbocycles. The summed E-state index contributed by atoms with van der Waals surface area (Å²) in [7, 11) is 0. The number of hydrazone groups is 1. The van der Waals surface area contributed by atoms with Gasteiger partial charge in [0.25, 0.3) is 0 Å². The maximum absolute atomic E-state index is 5.08. The lowest BCUT2D eigenvalue weighted by molar-refractivity contribution is 0.679. The highest BCUT2D eigenvalue weighted by Gasteiger charge is 1.98. The molecule has 0 rings (SSSR count). The lowest BCUT2D eigenvalue weighted by atomic mass is 10.1. The fraction of sp³-hybridized carbons (Fsp3) is 0.714. The molecule has 0 unspecified atom stereocenters. The van der Waals surface area contributed by atoms with Crippen molar-refractivity contribution in [2.45, 2.75) is 27.2 Å². The summed E-state index contributed by atoms with van der Waals surface area (Å²) in [6.07, 6.45) is 2.55. The molecule has 0 aromatic heterocycles. The first-order valence-electron chi connectivity index (χ1n) is 3.46. The van der Waals surface area contributed by atoms with Crippen molar-refractivity contribution in [1.29, 1.82) is 0 Å². The average Bonchev–Trinajstić information content (AvgIpc) is 1.86. The van der Waals surface area contributed by atoms with Gasteiger partial charge in [0.1, 0.15) is 5.84 Å². The third-order valence-electron chi connectivity index (χ3n) is 1.02. The van der Waals surface area contributed by atoms with Gasteiger partial charge in [0.05, 0.1) is 0 Å². The SMILES string of the molecule is C/C=N\C(CC(C)C)=N/N. The zero-order valence-electron chi connectivity index (χ0n) is 6.83. The molecule has 0 aliphatic heterocycles. The Morgan fingerprint density at radius 1 is 1.60 bits per heavy atom. The molecule has 10 heavy (non-hydrogen) atoms. The molecular weight excluding hydrogens is 126 g/mol. The number of rotatable bonds is 2. The first kappa shape index (κ1) is 9.14. The Bertz CT molecular complexity index is 136. The van der Waals surface area contributed by atoms with Crippen molar-refractivity contribution in [1.82, 2.24) is 0 Å². The highest BCUT2D eigenvalue weighted by Crippen LogP contribution is 2.01. The number of nitrogens with two attached hydrogens (primary N) is 1. The van der Waals surface area contributed by atoms with Gasteiger partial charge in [0.2, 0.25) is 0 Å². The minimum absolute atomic E-state index is 0.561. The van der Waals surface area contributed by atoms with Crippen LogP contribution in [-0.4, -0.2) is 12.1 Å². The molecule has 58 valence electrons. The van der Waals surface area contributed by atoms with Crippen LogP contribution in [0.2, 0.25) is 0 Å².